The van der Waals surface area contributed by atoms with Gasteiger partial charge in [-0.05, 0) is 36.4 Å². The number of rotatable bonds is 6. The van der Waals surface area contributed by atoms with E-state index in [2.05, 4.69) is 15.4 Å². The molecule has 0 aliphatic heterocycles. The van der Waals surface area contributed by atoms with Crippen LogP contribution < -0.4 is 4.31 Å². The van der Waals surface area contributed by atoms with Crippen LogP contribution in [0.25, 0.3) is 11.4 Å². The zero-order valence-corrected chi connectivity index (χ0v) is 16.0. The predicted octanol–water partition coefficient (Wildman–Crippen LogP) is 1.93. The summed E-state index contributed by atoms with van der Waals surface area (Å²) in [5, 5.41) is 12.1. The molecule has 0 spiro atoms. The first-order valence-electron chi connectivity index (χ1n) is 8.16. The first kappa shape index (κ1) is 18.7. The van der Waals surface area contributed by atoms with E-state index in [1.165, 1.54) is 11.8 Å². The van der Waals surface area contributed by atoms with Crippen LogP contribution in [0.5, 0.6) is 0 Å². The first-order chi connectivity index (χ1) is 12.7. The summed E-state index contributed by atoms with van der Waals surface area (Å²) < 4.78 is 24.3. The molecule has 0 saturated carbocycles. The van der Waals surface area contributed by atoms with Gasteiger partial charge in [0.2, 0.25) is 15.8 Å². The van der Waals surface area contributed by atoms with Crippen molar-refractivity contribution in [3.05, 3.63) is 59.7 Å². The molecule has 0 saturated heterocycles. The van der Waals surface area contributed by atoms with E-state index in [9.17, 15) is 13.2 Å². The highest BCUT2D eigenvalue weighted by atomic mass is 32.2. The summed E-state index contributed by atoms with van der Waals surface area (Å²) in [7, 11) is -1.89. The lowest BCUT2D eigenvalue weighted by atomic mass is 10.1. The van der Waals surface area contributed by atoms with Crippen LogP contribution in [-0.4, -0.2) is 47.7 Å². The Balaban J connectivity index is 1.71. The number of benzene rings is 2. The zero-order chi connectivity index (χ0) is 19.6. The van der Waals surface area contributed by atoms with Crippen molar-refractivity contribution in [3.8, 4) is 11.4 Å². The topological polar surface area (TPSA) is 98.0 Å². The molecule has 1 aromatic heterocycles. The quantitative estimate of drug-likeness (QED) is 0.601. The van der Waals surface area contributed by atoms with Crippen LogP contribution in [-0.2, 0) is 16.6 Å². The highest BCUT2D eigenvalue weighted by Gasteiger charge is 2.14. The highest BCUT2D eigenvalue weighted by molar-refractivity contribution is 7.92. The normalized spacial score (nSPS) is 11.4. The Bertz CT molecular complexity index is 1060. The van der Waals surface area contributed by atoms with Gasteiger partial charge in [-0.3, -0.25) is 9.10 Å². The molecule has 27 heavy (non-hydrogen) atoms. The molecule has 1 heterocycles. The Labute approximate surface area is 157 Å². The number of carbonyl (C=O) groups excluding carboxylic acids is 1. The molecule has 3 aromatic rings. The second kappa shape index (κ2) is 7.28. The second-order valence-corrected chi connectivity index (χ2v) is 8.22. The monoisotopic (exact) mass is 385 g/mol. The fourth-order valence-corrected chi connectivity index (χ4v) is 2.90. The van der Waals surface area contributed by atoms with Gasteiger partial charge in [0, 0.05) is 18.2 Å². The molecule has 8 nitrogen and oxygen atoms in total. The minimum absolute atomic E-state index is 0.0554. The maximum Gasteiger partial charge on any atom is 0.231 e. The molecule has 9 heteroatoms. The van der Waals surface area contributed by atoms with E-state index in [0.29, 0.717) is 17.1 Å². The number of Topliss-reactive ketones (excluding diaryl/α,β-unsaturated/α-hetero) is 1. The van der Waals surface area contributed by atoms with Crippen LogP contribution >= 0.6 is 0 Å². The number of aryl methyl sites for hydroxylation is 1. The standard InChI is InChI=1S/C18H19N5O3S/c1-13-4-6-15(7-5-13)18-19-21-23(20-18)12-17(24)14-8-10-16(11-9-14)22(2)27(3,25)26/h4-11H,12H2,1-3H3. The average Bonchev–Trinajstić information content (AvgIpc) is 3.09. The van der Waals surface area contributed by atoms with E-state index < -0.39 is 10.0 Å². The number of carbonyl (C=O) groups is 1. The van der Waals surface area contributed by atoms with Crippen molar-refractivity contribution in [1.29, 1.82) is 0 Å². The number of sulfonamides is 1. The van der Waals surface area contributed by atoms with Crippen molar-refractivity contribution < 1.29 is 13.2 Å². The third-order valence-corrected chi connectivity index (χ3v) is 5.30. The number of hydrogen-bond acceptors (Lipinski definition) is 6. The first-order valence-corrected chi connectivity index (χ1v) is 10.0. The molecule has 140 valence electrons. The summed E-state index contributed by atoms with van der Waals surface area (Å²) in [6, 6.07) is 14.0. The van der Waals surface area contributed by atoms with Gasteiger partial charge in [-0.2, -0.15) is 4.80 Å². The molecule has 0 fully saturated rings. The lowest BCUT2D eigenvalue weighted by Crippen LogP contribution is -2.24. The third-order valence-electron chi connectivity index (χ3n) is 4.10. The highest BCUT2D eigenvalue weighted by Crippen LogP contribution is 2.17. The number of tetrazole rings is 1. The number of hydrogen-bond donors (Lipinski definition) is 0. The molecule has 0 N–H and O–H groups in total. The maximum atomic E-state index is 12.4. The summed E-state index contributed by atoms with van der Waals surface area (Å²) in [4.78, 5) is 13.7. The van der Waals surface area contributed by atoms with Gasteiger partial charge in [0.15, 0.2) is 5.78 Å². The molecule has 3 rings (SSSR count). The minimum atomic E-state index is -3.35. The predicted molar refractivity (Wildman–Crippen MR) is 102 cm³/mol. The Hall–Kier alpha value is -3.07. The van der Waals surface area contributed by atoms with Crippen LogP contribution in [0.1, 0.15) is 15.9 Å². The SMILES string of the molecule is Cc1ccc(-c2nnn(CC(=O)c3ccc(N(C)S(C)(=O)=O)cc3)n2)cc1. The summed E-state index contributed by atoms with van der Waals surface area (Å²) in [6.07, 6.45) is 1.12. The van der Waals surface area contributed by atoms with Crippen molar-refractivity contribution in [3.63, 3.8) is 0 Å². The summed E-state index contributed by atoms with van der Waals surface area (Å²) in [6.45, 7) is 1.94. The van der Waals surface area contributed by atoms with Gasteiger partial charge in [-0.25, -0.2) is 8.42 Å². The number of aromatic nitrogens is 4. The van der Waals surface area contributed by atoms with E-state index >= 15 is 0 Å². The molecular formula is C18H19N5O3S. The Morgan fingerprint density at radius 2 is 1.70 bits per heavy atom. The van der Waals surface area contributed by atoms with Crippen molar-refractivity contribution in [2.75, 3.05) is 17.6 Å². The van der Waals surface area contributed by atoms with Gasteiger partial charge in [0.1, 0.15) is 6.54 Å². The molecule has 0 radical (unpaired) electrons. The fourth-order valence-electron chi connectivity index (χ4n) is 2.40. The van der Waals surface area contributed by atoms with Crippen molar-refractivity contribution in [2.24, 2.45) is 0 Å². The molecule has 0 aliphatic carbocycles. The van der Waals surface area contributed by atoms with Gasteiger partial charge in [-0.1, -0.05) is 29.8 Å². The maximum absolute atomic E-state index is 12.4. The molecule has 2 aromatic carbocycles. The molecule has 0 amide bonds. The Morgan fingerprint density at radius 1 is 1.07 bits per heavy atom. The van der Waals surface area contributed by atoms with Crippen molar-refractivity contribution >= 4 is 21.5 Å². The Kier molecular flexibility index (Phi) is 5.04. The smallest absolute Gasteiger partial charge is 0.231 e. The Morgan fingerprint density at radius 3 is 2.30 bits per heavy atom. The average molecular weight is 385 g/mol. The fraction of sp³-hybridized carbons (Fsp3) is 0.222. The molecule has 0 unspecified atom stereocenters. The van der Waals surface area contributed by atoms with E-state index in [0.717, 1.165) is 21.7 Å². The number of ketones is 1. The lowest BCUT2D eigenvalue weighted by molar-refractivity contribution is 0.0961. The van der Waals surface area contributed by atoms with Gasteiger partial charge in [0.25, 0.3) is 0 Å². The lowest BCUT2D eigenvalue weighted by Gasteiger charge is -2.16. The molecular weight excluding hydrogens is 366 g/mol. The summed E-state index contributed by atoms with van der Waals surface area (Å²) in [5.74, 6) is 0.254. The third kappa shape index (κ3) is 4.37. The van der Waals surface area contributed by atoms with Crippen LogP contribution in [0.3, 0.4) is 0 Å². The van der Waals surface area contributed by atoms with Gasteiger partial charge in [0.05, 0.1) is 11.9 Å². The van der Waals surface area contributed by atoms with Crippen molar-refractivity contribution in [2.45, 2.75) is 13.5 Å². The van der Waals surface area contributed by atoms with Crippen LogP contribution in [0, 0.1) is 6.92 Å². The van der Waals surface area contributed by atoms with Crippen LogP contribution in [0.2, 0.25) is 0 Å². The second-order valence-electron chi connectivity index (χ2n) is 6.21. The number of nitrogens with zero attached hydrogens (tertiary/aromatic N) is 5. The summed E-state index contributed by atoms with van der Waals surface area (Å²) in [5.41, 5.74) is 2.88. The van der Waals surface area contributed by atoms with Crippen molar-refractivity contribution in [1.82, 2.24) is 20.2 Å². The largest absolute Gasteiger partial charge is 0.292 e. The van der Waals surface area contributed by atoms with E-state index in [4.69, 9.17) is 0 Å². The zero-order valence-electron chi connectivity index (χ0n) is 15.2. The number of anilines is 1. The molecule has 0 atom stereocenters. The van der Waals surface area contributed by atoms with Crippen LogP contribution in [0.15, 0.2) is 48.5 Å². The van der Waals surface area contributed by atoms with E-state index in [-0.39, 0.29) is 12.3 Å². The minimum Gasteiger partial charge on any atom is -0.292 e. The van der Waals surface area contributed by atoms with Gasteiger partial charge < -0.3 is 0 Å². The molecule has 0 aliphatic rings. The van der Waals surface area contributed by atoms with Gasteiger partial charge >= 0.3 is 0 Å². The van der Waals surface area contributed by atoms with Gasteiger partial charge in [-0.15, -0.1) is 10.2 Å². The summed E-state index contributed by atoms with van der Waals surface area (Å²) >= 11 is 0. The van der Waals surface area contributed by atoms with E-state index in [1.807, 2.05) is 31.2 Å². The molecule has 0 bridgehead atoms. The van der Waals surface area contributed by atoms with E-state index in [1.54, 1.807) is 24.3 Å². The van der Waals surface area contributed by atoms with Crippen LogP contribution in [0.4, 0.5) is 5.69 Å².